The SMILES string of the molecule is O=C(N[C@@H](Cc1ccc(I)cc1)C(=O)O)OCC1c2ccccc2-c2ccccc21. The van der Waals surface area contributed by atoms with Crippen molar-refractivity contribution < 1.29 is 19.4 Å². The molecule has 0 aromatic heterocycles. The molecule has 6 heteroatoms. The average Bonchev–Trinajstić information content (AvgIpc) is 3.07. The molecule has 0 saturated heterocycles. The summed E-state index contributed by atoms with van der Waals surface area (Å²) in [6.07, 6.45) is -0.536. The molecule has 1 aliphatic carbocycles. The quantitative estimate of drug-likeness (QED) is 0.464. The Morgan fingerprint density at radius 2 is 1.50 bits per heavy atom. The molecule has 0 radical (unpaired) electrons. The number of aliphatic carboxylic acids is 1. The maximum atomic E-state index is 12.4. The summed E-state index contributed by atoms with van der Waals surface area (Å²) in [6.45, 7) is 0.149. The van der Waals surface area contributed by atoms with E-state index in [2.05, 4.69) is 40.0 Å². The molecule has 3 aromatic carbocycles. The van der Waals surface area contributed by atoms with E-state index in [-0.39, 0.29) is 18.9 Å². The van der Waals surface area contributed by atoms with Crippen LogP contribution in [-0.4, -0.2) is 29.8 Å². The molecule has 4 rings (SSSR count). The van der Waals surface area contributed by atoms with E-state index in [4.69, 9.17) is 4.74 Å². The molecule has 30 heavy (non-hydrogen) atoms. The van der Waals surface area contributed by atoms with Crippen LogP contribution in [0.4, 0.5) is 4.79 Å². The largest absolute Gasteiger partial charge is 0.480 e. The Kier molecular flexibility index (Phi) is 6.03. The van der Waals surface area contributed by atoms with Gasteiger partial charge in [-0.1, -0.05) is 60.7 Å². The lowest BCUT2D eigenvalue weighted by atomic mass is 9.98. The van der Waals surface area contributed by atoms with Crippen molar-refractivity contribution in [3.05, 3.63) is 93.1 Å². The van der Waals surface area contributed by atoms with Crippen LogP contribution in [0, 0.1) is 3.57 Å². The molecule has 0 bridgehead atoms. The number of halogens is 1. The molecular weight excluding hydrogens is 493 g/mol. The summed E-state index contributed by atoms with van der Waals surface area (Å²) >= 11 is 2.19. The first-order chi connectivity index (χ1) is 14.5. The van der Waals surface area contributed by atoms with Crippen LogP contribution in [0.2, 0.25) is 0 Å². The first kappa shape index (κ1) is 20.4. The molecule has 0 spiro atoms. The fraction of sp³-hybridized carbons (Fsp3) is 0.167. The van der Waals surface area contributed by atoms with Gasteiger partial charge in [0, 0.05) is 15.9 Å². The predicted octanol–water partition coefficient (Wildman–Crippen LogP) is 4.83. The van der Waals surface area contributed by atoms with Crippen molar-refractivity contribution in [2.45, 2.75) is 18.4 Å². The summed E-state index contributed by atoms with van der Waals surface area (Å²) in [5, 5.41) is 12.0. The zero-order valence-electron chi connectivity index (χ0n) is 16.0. The predicted molar refractivity (Wildman–Crippen MR) is 122 cm³/mol. The summed E-state index contributed by atoms with van der Waals surface area (Å²) < 4.78 is 6.53. The molecule has 1 amide bonds. The highest BCUT2D eigenvalue weighted by molar-refractivity contribution is 14.1. The number of carboxylic acid groups (broad SMARTS) is 1. The number of benzene rings is 3. The van der Waals surface area contributed by atoms with Gasteiger partial charge in [-0.05, 0) is 62.5 Å². The Bertz CT molecular complexity index is 1040. The van der Waals surface area contributed by atoms with Gasteiger partial charge in [0.1, 0.15) is 12.6 Å². The second kappa shape index (κ2) is 8.87. The van der Waals surface area contributed by atoms with Gasteiger partial charge in [-0.2, -0.15) is 0 Å². The lowest BCUT2D eigenvalue weighted by molar-refractivity contribution is -0.139. The van der Waals surface area contributed by atoms with Crippen LogP contribution in [-0.2, 0) is 16.0 Å². The minimum Gasteiger partial charge on any atom is -0.480 e. The number of amides is 1. The molecule has 2 N–H and O–H groups in total. The zero-order valence-corrected chi connectivity index (χ0v) is 18.2. The van der Waals surface area contributed by atoms with Crippen molar-refractivity contribution in [1.82, 2.24) is 5.32 Å². The first-order valence-electron chi connectivity index (χ1n) is 9.61. The smallest absolute Gasteiger partial charge is 0.407 e. The number of hydrogen-bond acceptors (Lipinski definition) is 3. The summed E-state index contributed by atoms with van der Waals surface area (Å²) in [7, 11) is 0. The Labute approximate surface area is 188 Å². The number of fused-ring (bicyclic) bond motifs is 3. The number of carbonyl (C=O) groups excluding carboxylic acids is 1. The van der Waals surface area contributed by atoms with Gasteiger partial charge in [0.15, 0.2) is 0 Å². The van der Waals surface area contributed by atoms with Crippen LogP contribution >= 0.6 is 22.6 Å². The highest BCUT2D eigenvalue weighted by Gasteiger charge is 2.29. The molecule has 3 aromatic rings. The fourth-order valence-electron chi connectivity index (χ4n) is 3.84. The summed E-state index contributed by atoms with van der Waals surface area (Å²) in [5.41, 5.74) is 5.34. The van der Waals surface area contributed by atoms with Crippen molar-refractivity contribution in [2.75, 3.05) is 6.61 Å². The van der Waals surface area contributed by atoms with Crippen molar-refractivity contribution in [1.29, 1.82) is 0 Å². The van der Waals surface area contributed by atoms with E-state index in [1.807, 2.05) is 60.7 Å². The van der Waals surface area contributed by atoms with Crippen LogP contribution in [0.25, 0.3) is 11.1 Å². The molecule has 1 atom stereocenters. The molecule has 0 heterocycles. The maximum absolute atomic E-state index is 12.4. The third-order valence-electron chi connectivity index (χ3n) is 5.29. The van der Waals surface area contributed by atoms with Crippen LogP contribution in [0.5, 0.6) is 0 Å². The molecule has 152 valence electrons. The van der Waals surface area contributed by atoms with Crippen LogP contribution in [0.1, 0.15) is 22.6 Å². The highest BCUT2D eigenvalue weighted by Crippen LogP contribution is 2.44. The topological polar surface area (TPSA) is 75.6 Å². The van der Waals surface area contributed by atoms with Gasteiger partial charge in [-0.25, -0.2) is 9.59 Å². The Morgan fingerprint density at radius 3 is 2.07 bits per heavy atom. The van der Waals surface area contributed by atoms with Crippen LogP contribution in [0.3, 0.4) is 0 Å². The fourth-order valence-corrected chi connectivity index (χ4v) is 4.20. The number of carboxylic acids is 1. The van der Waals surface area contributed by atoms with Gasteiger partial charge in [0.2, 0.25) is 0 Å². The molecule has 0 unspecified atom stereocenters. The summed E-state index contributed by atoms with van der Waals surface area (Å²) in [5.74, 6) is -1.16. The number of nitrogens with one attached hydrogen (secondary N) is 1. The molecule has 0 fully saturated rings. The number of alkyl carbamates (subject to hydrolysis) is 1. The van der Waals surface area contributed by atoms with E-state index in [9.17, 15) is 14.7 Å². The first-order valence-corrected chi connectivity index (χ1v) is 10.7. The van der Waals surface area contributed by atoms with Gasteiger partial charge >= 0.3 is 12.1 Å². The van der Waals surface area contributed by atoms with E-state index in [1.165, 1.54) is 0 Å². The van der Waals surface area contributed by atoms with E-state index < -0.39 is 18.1 Å². The zero-order chi connectivity index (χ0) is 21.1. The van der Waals surface area contributed by atoms with Gasteiger partial charge in [-0.3, -0.25) is 0 Å². The summed E-state index contributed by atoms with van der Waals surface area (Å²) in [4.78, 5) is 24.0. The number of hydrogen-bond donors (Lipinski definition) is 2. The molecule has 1 aliphatic rings. The third-order valence-corrected chi connectivity index (χ3v) is 6.01. The molecule has 5 nitrogen and oxygen atoms in total. The molecule has 0 saturated carbocycles. The standard InChI is InChI=1S/C24H20INO4/c25-16-11-9-15(10-12-16)13-22(23(27)28)26-24(29)30-14-21-19-7-3-1-5-17(19)18-6-2-4-8-20(18)21/h1-12,21-22H,13-14H2,(H,26,29)(H,27,28)/t22-/m0/s1. The van der Waals surface area contributed by atoms with Crippen molar-refractivity contribution in [2.24, 2.45) is 0 Å². The van der Waals surface area contributed by atoms with Crippen molar-refractivity contribution >= 4 is 34.7 Å². The number of rotatable bonds is 6. The normalized spacial score (nSPS) is 13.2. The second-order valence-electron chi connectivity index (χ2n) is 7.19. The minimum absolute atomic E-state index is 0.0670. The third kappa shape index (κ3) is 4.33. The van der Waals surface area contributed by atoms with Gasteiger partial charge in [0.05, 0.1) is 0 Å². The van der Waals surface area contributed by atoms with Gasteiger partial charge < -0.3 is 15.2 Å². The highest BCUT2D eigenvalue weighted by atomic mass is 127. The van der Waals surface area contributed by atoms with Crippen LogP contribution < -0.4 is 5.32 Å². The number of ether oxygens (including phenoxy) is 1. The van der Waals surface area contributed by atoms with E-state index in [1.54, 1.807) is 0 Å². The second-order valence-corrected chi connectivity index (χ2v) is 8.44. The minimum atomic E-state index is -1.10. The van der Waals surface area contributed by atoms with Gasteiger partial charge in [-0.15, -0.1) is 0 Å². The molecular formula is C24H20INO4. The maximum Gasteiger partial charge on any atom is 0.407 e. The van der Waals surface area contributed by atoms with Gasteiger partial charge in [0.25, 0.3) is 0 Å². The van der Waals surface area contributed by atoms with E-state index in [0.717, 1.165) is 31.4 Å². The lowest BCUT2D eigenvalue weighted by Gasteiger charge is -2.17. The summed E-state index contributed by atoms with van der Waals surface area (Å²) in [6, 6.07) is 22.6. The average molecular weight is 513 g/mol. The Morgan fingerprint density at radius 1 is 0.933 bits per heavy atom. The van der Waals surface area contributed by atoms with Crippen molar-refractivity contribution in [3.8, 4) is 11.1 Å². The van der Waals surface area contributed by atoms with E-state index in [0.29, 0.717) is 0 Å². The molecule has 0 aliphatic heterocycles. The Hall–Kier alpha value is -2.87. The van der Waals surface area contributed by atoms with E-state index >= 15 is 0 Å². The lowest BCUT2D eigenvalue weighted by Crippen LogP contribution is -2.42. The van der Waals surface area contributed by atoms with Crippen LogP contribution in [0.15, 0.2) is 72.8 Å². The number of carbonyl (C=O) groups is 2. The monoisotopic (exact) mass is 513 g/mol. The Balaban J connectivity index is 1.43. The van der Waals surface area contributed by atoms with Crippen molar-refractivity contribution in [3.63, 3.8) is 0 Å².